The Bertz CT molecular complexity index is 450. The summed E-state index contributed by atoms with van der Waals surface area (Å²) in [5.41, 5.74) is 5.96. The highest BCUT2D eigenvalue weighted by Crippen LogP contribution is 2.32. The average Bonchev–Trinajstić information content (AvgIpc) is 2.28. The Labute approximate surface area is 121 Å². The van der Waals surface area contributed by atoms with Crippen LogP contribution in [0.5, 0.6) is 5.75 Å². The number of ether oxygens (including phenoxy) is 1. The zero-order valence-electron chi connectivity index (χ0n) is 10.0. The third-order valence-electron chi connectivity index (χ3n) is 3.11. The maximum Gasteiger partial charge on any atom is 0.244 e. The Morgan fingerprint density at radius 2 is 2.17 bits per heavy atom. The number of rotatable bonds is 3. The molecule has 1 aromatic carbocycles. The Hall–Kier alpha value is -0.780. The summed E-state index contributed by atoms with van der Waals surface area (Å²) in [5.74, 6) is 0.565. The molecule has 0 heterocycles. The standard InChI is InChI=1S/C12H15BrN2O2.ClH/c1-17-10-7-8(3-4-9(10)13)15-11(16)12(14)5-2-6-12;/h3-4,7H,2,5-6,14H2,1H3,(H,15,16);1H. The molecule has 18 heavy (non-hydrogen) atoms. The highest BCUT2D eigenvalue weighted by Gasteiger charge is 2.40. The van der Waals surface area contributed by atoms with Gasteiger partial charge in [-0.05, 0) is 47.3 Å². The molecule has 0 aliphatic heterocycles. The average molecular weight is 336 g/mol. The lowest BCUT2D eigenvalue weighted by Crippen LogP contribution is -2.56. The van der Waals surface area contributed by atoms with Crippen LogP contribution in [0.3, 0.4) is 0 Å². The van der Waals surface area contributed by atoms with Crippen LogP contribution >= 0.6 is 28.3 Å². The van der Waals surface area contributed by atoms with E-state index in [4.69, 9.17) is 10.5 Å². The van der Waals surface area contributed by atoms with E-state index < -0.39 is 5.54 Å². The maximum absolute atomic E-state index is 11.9. The zero-order chi connectivity index (χ0) is 12.5. The van der Waals surface area contributed by atoms with E-state index in [1.807, 2.05) is 12.1 Å². The molecule has 0 saturated heterocycles. The summed E-state index contributed by atoms with van der Waals surface area (Å²) in [7, 11) is 1.59. The van der Waals surface area contributed by atoms with Crippen molar-refractivity contribution in [1.82, 2.24) is 0 Å². The zero-order valence-corrected chi connectivity index (χ0v) is 12.4. The SMILES string of the molecule is COc1cc(NC(=O)C2(N)CCC2)ccc1Br.Cl. The minimum Gasteiger partial charge on any atom is -0.495 e. The van der Waals surface area contributed by atoms with Crippen LogP contribution in [-0.4, -0.2) is 18.6 Å². The van der Waals surface area contributed by atoms with E-state index in [1.54, 1.807) is 13.2 Å². The molecule has 100 valence electrons. The number of methoxy groups -OCH3 is 1. The Morgan fingerprint density at radius 1 is 1.50 bits per heavy atom. The molecule has 2 rings (SSSR count). The van der Waals surface area contributed by atoms with Crippen molar-refractivity contribution in [3.8, 4) is 5.75 Å². The van der Waals surface area contributed by atoms with Crippen LogP contribution < -0.4 is 15.8 Å². The normalized spacial score (nSPS) is 16.2. The first-order chi connectivity index (χ1) is 8.05. The molecule has 6 heteroatoms. The van der Waals surface area contributed by atoms with Crippen LogP contribution in [0.25, 0.3) is 0 Å². The Morgan fingerprint density at radius 3 is 2.67 bits per heavy atom. The quantitative estimate of drug-likeness (QED) is 0.892. The van der Waals surface area contributed by atoms with E-state index in [1.165, 1.54) is 0 Å². The lowest BCUT2D eigenvalue weighted by molar-refractivity contribution is -0.123. The monoisotopic (exact) mass is 334 g/mol. The van der Waals surface area contributed by atoms with Crippen molar-refractivity contribution >= 4 is 39.9 Å². The molecule has 1 aliphatic carbocycles. The predicted molar refractivity (Wildman–Crippen MR) is 77.3 cm³/mol. The number of halogens is 2. The smallest absolute Gasteiger partial charge is 0.244 e. The van der Waals surface area contributed by atoms with Crippen molar-refractivity contribution in [2.24, 2.45) is 5.73 Å². The summed E-state index contributed by atoms with van der Waals surface area (Å²) in [4.78, 5) is 11.9. The second kappa shape index (κ2) is 5.91. The van der Waals surface area contributed by atoms with Gasteiger partial charge in [-0.15, -0.1) is 12.4 Å². The largest absolute Gasteiger partial charge is 0.495 e. The fourth-order valence-electron chi connectivity index (χ4n) is 1.78. The fourth-order valence-corrected chi connectivity index (χ4v) is 2.19. The summed E-state index contributed by atoms with van der Waals surface area (Å²) >= 11 is 3.36. The topological polar surface area (TPSA) is 64.3 Å². The van der Waals surface area contributed by atoms with E-state index in [9.17, 15) is 4.79 Å². The molecule has 1 saturated carbocycles. The number of nitrogens with one attached hydrogen (secondary N) is 1. The van der Waals surface area contributed by atoms with Gasteiger partial charge in [-0.1, -0.05) is 0 Å². The summed E-state index contributed by atoms with van der Waals surface area (Å²) in [6.07, 6.45) is 2.53. The summed E-state index contributed by atoms with van der Waals surface area (Å²) in [5, 5.41) is 2.82. The van der Waals surface area contributed by atoms with Gasteiger partial charge in [0.05, 0.1) is 17.1 Å². The van der Waals surface area contributed by atoms with E-state index in [-0.39, 0.29) is 18.3 Å². The van der Waals surface area contributed by atoms with E-state index in [0.717, 1.165) is 23.7 Å². The first kappa shape index (κ1) is 15.3. The highest BCUT2D eigenvalue weighted by atomic mass is 79.9. The van der Waals surface area contributed by atoms with Crippen LogP contribution in [0.2, 0.25) is 0 Å². The molecule has 1 amide bonds. The second-order valence-electron chi connectivity index (χ2n) is 4.31. The van der Waals surface area contributed by atoms with E-state index in [0.29, 0.717) is 11.4 Å². The van der Waals surface area contributed by atoms with Gasteiger partial charge in [-0.2, -0.15) is 0 Å². The van der Waals surface area contributed by atoms with Crippen LogP contribution in [0.1, 0.15) is 19.3 Å². The molecule has 4 nitrogen and oxygen atoms in total. The Balaban J connectivity index is 0.00000162. The fraction of sp³-hybridized carbons (Fsp3) is 0.417. The summed E-state index contributed by atoms with van der Waals surface area (Å²) in [6.45, 7) is 0. The molecule has 1 aromatic rings. The van der Waals surface area contributed by atoms with Gasteiger partial charge in [-0.25, -0.2) is 0 Å². The molecule has 0 aromatic heterocycles. The van der Waals surface area contributed by atoms with Gasteiger partial charge in [0.15, 0.2) is 0 Å². The first-order valence-electron chi connectivity index (χ1n) is 5.49. The van der Waals surface area contributed by atoms with Crippen molar-refractivity contribution < 1.29 is 9.53 Å². The van der Waals surface area contributed by atoms with Crippen molar-refractivity contribution in [1.29, 1.82) is 0 Å². The predicted octanol–water partition coefficient (Wildman–Crippen LogP) is 2.70. The number of anilines is 1. The van der Waals surface area contributed by atoms with Crippen molar-refractivity contribution in [2.75, 3.05) is 12.4 Å². The molecule has 1 fully saturated rings. The van der Waals surface area contributed by atoms with Gasteiger partial charge in [0.2, 0.25) is 5.91 Å². The second-order valence-corrected chi connectivity index (χ2v) is 5.17. The van der Waals surface area contributed by atoms with Gasteiger partial charge in [0, 0.05) is 11.8 Å². The van der Waals surface area contributed by atoms with E-state index >= 15 is 0 Å². The van der Waals surface area contributed by atoms with Gasteiger partial charge in [0.1, 0.15) is 5.75 Å². The minimum absolute atomic E-state index is 0. The molecular weight excluding hydrogens is 320 g/mol. The number of carbonyl (C=O) groups is 1. The minimum atomic E-state index is -0.680. The number of carbonyl (C=O) groups excluding carboxylic acids is 1. The number of hydrogen-bond acceptors (Lipinski definition) is 3. The van der Waals surface area contributed by atoms with Crippen LogP contribution in [0.4, 0.5) is 5.69 Å². The summed E-state index contributed by atoms with van der Waals surface area (Å²) < 4.78 is 6.01. The van der Waals surface area contributed by atoms with Crippen molar-refractivity contribution in [3.63, 3.8) is 0 Å². The maximum atomic E-state index is 11.9. The van der Waals surface area contributed by atoms with Gasteiger partial charge in [-0.3, -0.25) is 4.79 Å². The van der Waals surface area contributed by atoms with Gasteiger partial charge < -0.3 is 15.8 Å². The van der Waals surface area contributed by atoms with Gasteiger partial charge >= 0.3 is 0 Å². The molecule has 0 atom stereocenters. The van der Waals surface area contributed by atoms with Crippen LogP contribution in [0.15, 0.2) is 22.7 Å². The number of amides is 1. The van der Waals surface area contributed by atoms with Gasteiger partial charge in [0.25, 0.3) is 0 Å². The molecule has 0 unspecified atom stereocenters. The molecule has 3 N–H and O–H groups in total. The lowest BCUT2D eigenvalue weighted by Gasteiger charge is -2.36. The number of benzene rings is 1. The van der Waals surface area contributed by atoms with Crippen LogP contribution in [0, 0.1) is 0 Å². The highest BCUT2D eigenvalue weighted by molar-refractivity contribution is 9.10. The summed E-state index contributed by atoms with van der Waals surface area (Å²) in [6, 6.07) is 5.41. The molecule has 0 radical (unpaired) electrons. The number of nitrogens with two attached hydrogens (primary N) is 1. The third kappa shape index (κ3) is 2.96. The molecule has 1 aliphatic rings. The first-order valence-corrected chi connectivity index (χ1v) is 6.28. The van der Waals surface area contributed by atoms with E-state index in [2.05, 4.69) is 21.2 Å². The molecular formula is C12H16BrClN2O2. The third-order valence-corrected chi connectivity index (χ3v) is 3.76. The van der Waals surface area contributed by atoms with Crippen LogP contribution in [-0.2, 0) is 4.79 Å². The molecule has 0 spiro atoms. The molecule has 0 bridgehead atoms. The Kier molecular flexibility index (Phi) is 5.01. The van der Waals surface area contributed by atoms with Crippen molar-refractivity contribution in [3.05, 3.63) is 22.7 Å². The number of hydrogen-bond donors (Lipinski definition) is 2. The van der Waals surface area contributed by atoms with Crippen molar-refractivity contribution in [2.45, 2.75) is 24.8 Å². The lowest BCUT2D eigenvalue weighted by atomic mass is 9.77.